The minimum Gasteiger partial charge on any atom is -0.454 e. The van der Waals surface area contributed by atoms with Gasteiger partial charge < -0.3 is 20.1 Å². The molecular formula is C17H19N3O3. The molecule has 1 aliphatic heterocycles. The van der Waals surface area contributed by atoms with Gasteiger partial charge in [0.2, 0.25) is 6.79 Å². The number of fused-ring (bicyclic) bond motifs is 1. The Morgan fingerprint density at radius 3 is 2.78 bits per heavy atom. The summed E-state index contributed by atoms with van der Waals surface area (Å²) in [4.78, 5) is 16.0. The number of aromatic nitrogens is 1. The molecule has 0 atom stereocenters. The van der Waals surface area contributed by atoms with Crippen LogP contribution in [-0.4, -0.2) is 23.7 Å². The van der Waals surface area contributed by atoms with Gasteiger partial charge in [-0.15, -0.1) is 0 Å². The fourth-order valence-corrected chi connectivity index (χ4v) is 2.22. The molecule has 0 aliphatic carbocycles. The number of hydrogen-bond acceptors (Lipinski definition) is 5. The van der Waals surface area contributed by atoms with Gasteiger partial charge in [-0.05, 0) is 43.7 Å². The highest BCUT2D eigenvalue weighted by molar-refractivity contribution is 5.92. The van der Waals surface area contributed by atoms with E-state index in [9.17, 15) is 4.79 Å². The Hall–Kier alpha value is -2.76. The highest BCUT2D eigenvalue weighted by Crippen LogP contribution is 2.32. The Kier molecular flexibility index (Phi) is 4.32. The lowest BCUT2D eigenvalue weighted by molar-refractivity contribution is 0.0938. The van der Waals surface area contributed by atoms with Crippen molar-refractivity contribution in [1.29, 1.82) is 0 Å². The van der Waals surface area contributed by atoms with Gasteiger partial charge >= 0.3 is 0 Å². The lowest BCUT2D eigenvalue weighted by atomic mass is 10.2. The average molecular weight is 313 g/mol. The number of amides is 1. The van der Waals surface area contributed by atoms with E-state index in [0.717, 1.165) is 22.7 Å². The molecule has 6 nitrogen and oxygen atoms in total. The van der Waals surface area contributed by atoms with Crippen LogP contribution in [-0.2, 0) is 6.54 Å². The molecule has 0 fully saturated rings. The topological polar surface area (TPSA) is 72.5 Å². The molecule has 120 valence electrons. The average Bonchev–Trinajstić information content (AvgIpc) is 3.00. The van der Waals surface area contributed by atoms with Crippen LogP contribution >= 0.6 is 0 Å². The van der Waals surface area contributed by atoms with Crippen molar-refractivity contribution < 1.29 is 14.3 Å². The number of nitrogens with one attached hydrogen (secondary N) is 2. The van der Waals surface area contributed by atoms with Gasteiger partial charge in [0.25, 0.3) is 5.91 Å². The smallest absolute Gasteiger partial charge is 0.270 e. The van der Waals surface area contributed by atoms with Crippen molar-refractivity contribution in [3.63, 3.8) is 0 Å². The molecule has 1 amide bonds. The van der Waals surface area contributed by atoms with E-state index >= 15 is 0 Å². The zero-order chi connectivity index (χ0) is 16.2. The van der Waals surface area contributed by atoms with E-state index < -0.39 is 0 Å². The van der Waals surface area contributed by atoms with Crippen molar-refractivity contribution in [2.75, 3.05) is 12.1 Å². The first-order valence-corrected chi connectivity index (χ1v) is 7.51. The monoisotopic (exact) mass is 313 g/mol. The Morgan fingerprint density at radius 2 is 2.04 bits per heavy atom. The summed E-state index contributed by atoms with van der Waals surface area (Å²) in [7, 11) is 0. The minimum absolute atomic E-state index is 0.0908. The molecule has 1 aromatic heterocycles. The maximum Gasteiger partial charge on any atom is 0.270 e. The standard InChI is InChI=1S/C17H19N3O3/c1-11(2)20-17(21)14-5-4-13(9-19-14)18-8-12-3-6-15-16(7-12)23-10-22-15/h3-7,9,11,18H,8,10H2,1-2H3,(H,20,21). The van der Waals surface area contributed by atoms with Gasteiger partial charge in [-0.25, -0.2) is 4.98 Å². The van der Waals surface area contributed by atoms with Crippen LogP contribution in [0.15, 0.2) is 36.5 Å². The summed E-state index contributed by atoms with van der Waals surface area (Å²) in [6, 6.07) is 9.48. The maximum absolute atomic E-state index is 11.8. The summed E-state index contributed by atoms with van der Waals surface area (Å²) < 4.78 is 10.6. The fraction of sp³-hybridized carbons (Fsp3) is 0.294. The molecule has 3 rings (SSSR count). The summed E-state index contributed by atoms with van der Waals surface area (Å²) in [5.41, 5.74) is 2.34. The summed E-state index contributed by atoms with van der Waals surface area (Å²) in [6.45, 7) is 4.74. The molecule has 0 bridgehead atoms. The number of hydrogen-bond donors (Lipinski definition) is 2. The van der Waals surface area contributed by atoms with Crippen LogP contribution in [0.4, 0.5) is 5.69 Å². The SMILES string of the molecule is CC(C)NC(=O)c1ccc(NCc2ccc3c(c2)OCO3)cn1. The van der Waals surface area contributed by atoms with E-state index in [4.69, 9.17) is 9.47 Å². The number of nitrogens with zero attached hydrogens (tertiary/aromatic N) is 1. The Morgan fingerprint density at radius 1 is 1.22 bits per heavy atom. The molecule has 0 saturated carbocycles. The number of rotatable bonds is 5. The molecular weight excluding hydrogens is 294 g/mol. The predicted octanol–water partition coefficient (Wildman–Crippen LogP) is 2.56. The molecule has 1 aromatic carbocycles. The minimum atomic E-state index is -0.165. The number of benzene rings is 1. The second-order valence-electron chi connectivity index (χ2n) is 5.60. The maximum atomic E-state index is 11.8. The lowest BCUT2D eigenvalue weighted by Crippen LogP contribution is -2.30. The predicted molar refractivity (Wildman–Crippen MR) is 86.7 cm³/mol. The van der Waals surface area contributed by atoms with Crippen molar-refractivity contribution in [3.05, 3.63) is 47.8 Å². The van der Waals surface area contributed by atoms with Crippen LogP contribution in [0.5, 0.6) is 11.5 Å². The number of carbonyl (C=O) groups is 1. The molecule has 0 unspecified atom stereocenters. The number of carbonyl (C=O) groups excluding carboxylic acids is 1. The zero-order valence-corrected chi connectivity index (χ0v) is 13.1. The molecule has 0 radical (unpaired) electrons. The summed E-state index contributed by atoms with van der Waals surface area (Å²) in [6.07, 6.45) is 1.65. The summed E-state index contributed by atoms with van der Waals surface area (Å²) in [5.74, 6) is 1.38. The molecule has 23 heavy (non-hydrogen) atoms. The van der Waals surface area contributed by atoms with E-state index in [1.54, 1.807) is 12.3 Å². The third kappa shape index (κ3) is 3.71. The van der Waals surface area contributed by atoms with Crippen molar-refractivity contribution in [2.45, 2.75) is 26.4 Å². The van der Waals surface area contributed by atoms with Crippen LogP contribution in [0.2, 0.25) is 0 Å². The van der Waals surface area contributed by atoms with Gasteiger partial charge in [0.1, 0.15) is 5.69 Å². The highest BCUT2D eigenvalue weighted by atomic mass is 16.7. The molecule has 0 saturated heterocycles. The molecule has 1 aliphatic rings. The Bertz CT molecular complexity index is 699. The van der Waals surface area contributed by atoms with E-state index in [1.807, 2.05) is 38.1 Å². The Labute approximate surface area is 134 Å². The van der Waals surface area contributed by atoms with Gasteiger partial charge in [0.05, 0.1) is 11.9 Å². The first kappa shape index (κ1) is 15.1. The van der Waals surface area contributed by atoms with Gasteiger partial charge in [-0.3, -0.25) is 4.79 Å². The van der Waals surface area contributed by atoms with E-state index in [0.29, 0.717) is 12.2 Å². The van der Waals surface area contributed by atoms with Crippen LogP contribution in [0.25, 0.3) is 0 Å². The van der Waals surface area contributed by atoms with Crippen molar-refractivity contribution in [1.82, 2.24) is 10.3 Å². The van der Waals surface area contributed by atoms with E-state index in [2.05, 4.69) is 15.6 Å². The molecule has 0 spiro atoms. The molecule has 2 N–H and O–H groups in total. The Balaban J connectivity index is 1.59. The first-order valence-electron chi connectivity index (χ1n) is 7.51. The third-order valence-corrected chi connectivity index (χ3v) is 3.35. The third-order valence-electron chi connectivity index (χ3n) is 3.35. The van der Waals surface area contributed by atoms with E-state index in [1.165, 1.54) is 0 Å². The van der Waals surface area contributed by atoms with Gasteiger partial charge in [-0.1, -0.05) is 6.07 Å². The van der Waals surface area contributed by atoms with Crippen molar-refractivity contribution in [2.24, 2.45) is 0 Å². The van der Waals surface area contributed by atoms with E-state index in [-0.39, 0.29) is 18.7 Å². The first-order chi connectivity index (χ1) is 11.1. The summed E-state index contributed by atoms with van der Waals surface area (Å²) in [5, 5.41) is 6.08. The molecule has 2 aromatic rings. The van der Waals surface area contributed by atoms with Crippen LogP contribution in [0.1, 0.15) is 29.9 Å². The highest BCUT2D eigenvalue weighted by Gasteiger charge is 2.13. The number of pyridine rings is 1. The van der Waals surface area contributed by atoms with Gasteiger partial charge in [0, 0.05) is 12.6 Å². The largest absolute Gasteiger partial charge is 0.454 e. The number of ether oxygens (including phenoxy) is 2. The second kappa shape index (κ2) is 6.56. The van der Waals surface area contributed by atoms with Crippen LogP contribution in [0, 0.1) is 0 Å². The zero-order valence-electron chi connectivity index (χ0n) is 13.1. The van der Waals surface area contributed by atoms with Crippen molar-refractivity contribution in [3.8, 4) is 11.5 Å². The normalized spacial score (nSPS) is 12.3. The molecule has 2 heterocycles. The lowest BCUT2D eigenvalue weighted by Gasteiger charge is -2.09. The number of anilines is 1. The van der Waals surface area contributed by atoms with Gasteiger partial charge in [0.15, 0.2) is 11.5 Å². The quantitative estimate of drug-likeness (QED) is 0.887. The van der Waals surface area contributed by atoms with Crippen molar-refractivity contribution >= 4 is 11.6 Å². The fourth-order valence-electron chi connectivity index (χ4n) is 2.22. The van der Waals surface area contributed by atoms with Crippen LogP contribution < -0.4 is 20.1 Å². The van der Waals surface area contributed by atoms with Gasteiger partial charge in [-0.2, -0.15) is 0 Å². The molecule has 6 heteroatoms. The second-order valence-corrected chi connectivity index (χ2v) is 5.60. The van der Waals surface area contributed by atoms with Crippen LogP contribution in [0.3, 0.4) is 0 Å². The summed E-state index contributed by atoms with van der Waals surface area (Å²) >= 11 is 0.